The number of amides is 2. The van der Waals surface area contributed by atoms with E-state index in [-0.39, 0.29) is 35.8 Å². The molecule has 0 saturated heterocycles. The minimum absolute atomic E-state index is 0. The van der Waals surface area contributed by atoms with Crippen LogP contribution in [0.3, 0.4) is 0 Å². The largest absolute Gasteiger partial charge is 0.356 e. The monoisotopic (exact) mass is 549 g/mol. The molecule has 0 radical (unpaired) electrons. The van der Waals surface area contributed by atoms with Gasteiger partial charge in [0.1, 0.15) is 0 Å². The zero-order valence-electron chi connectivity index (χ0n) is 18.7. The number of nitrogens with one attached hydrogen (secondary N) is 3. The van der Waals surface area contributed by atoms with Gasteiger partial charge in [0.15, 0.2) is 5.96 Å². The van der Waals surface area contributed by atoms with Crippen LogP contribution in [-0.4, -0.2) is 49.9 Å². The van der Waals surface area contributed by atoms with Crippen molar-refractivity contribution in [2.45, 2.75) is 32.4 Å². The molecule has 1 aliphatic heterocycles. The molecule has 2 amide bonds. The van der Waals surface area contributed by atoms with Crippen LogP contribution in [-0.2, 0) is 24.3 Å². The number of hydrogen-bond donors (Lipinski definition) is 3. The predicted octanol–water partition coefficient (Wildman–Crippen LogP) is 2.69. The molecule has 0 saturated carbocycles. The summed E-state index contributed by atoms with van der Waals surface area (Å²) < 4.78 is 0. The molecule has 0 aliphatic carbocycles. The summed E-state index contributed by atoms with van der Waals surface area (Å²) in [5, 5.41) is 9.18. The van der Waals surface area contributed by atoms with Crippen LogP contribution in [0.5, 0.6) is 0 Å². The predicted molar refractivity (Wildman–Crippen MR) is 138 cm³/mol. The fourth-order valence-electron chi connectivity index (χ4n) is 3.67. The summed E-state index contributed by atoms with van der Waals surface area (Å²) in [6, 6.07) is 15.8. The van der Waals surface area contributed by atoms with E-state index >= 15 is 0 Å². The maximum absolute atomic E-state index is 12.5. The smallest absolute Gasteiger partial charge is 0.251 e. The van der Waals surface area contributed by atoms with Crippen molar-refractivity contribution in [1.29, 1.82) is 0 Å². The van der Waals surface area contributed by atoms with Crippen molar-refractivity contribution in [3.63, 3.8) is 0 Å². The molecule has 2 aromatic rings. The van der Waals surface area contributed by atoms with Gasteiger partial charge in [0.05, 0.1) is 0 Å². The standard InChI is InChI=1S/C24H31N5O2.HI/c1-25-23(31)19-10-5-7-18(15-19)12-14-28-24(26-2)27-13-6-11-22(30)29-16-20-8-3-4-9-21(20)17-29;/h3-5,7-10,15H,6,11-14,16-17H2,1-2H3,(H,25,31)(H2,26,27,28);1H. The number of fused-ring (bicyclic) bond motifs is 1. The van der Waals surface area contributed by atoms with E-state index in [4.69, 9.17) is 0 Å². The number of carbonyl (C=O) groups excluding carboxylic acids is 2. The normalized spacial score (nSPS) is 12.6. The Morgan fingerprint density at radius 3 is 2.34 bits per heavy atom. The zero-order valence-corrected chi connectivity index (χ0v) is 21.0. The van der Waals surface area contributed by atoms with Crippen LogP contribution in [0.2, 0.25) is 0 Å². The minimum atomic E-state index is -0.0837. The van der Waals surface area contributed by atoms with Crippen molar-refractivity contribution in [1.82, 2.24) is 20.9 Å². The third-order valence-electron chi connectivity index (χ3n) is 5.40. The summed E-state index contributed by atoms with van der Waals surface area (Å²) in [4.78, 5) is 30.4. The van der Waals surface area contributed by atoms with E-state index in [1.807, 2.05) is 35.2 Å². The highest BCUT2D eigenvalue weighted by Gasteiger charge is 2.22. The summed E-state index contributed by atoms with van der Waals surface area (Å²) in [5.41, 5.74) is 4.24. The molecule has 0 atom stereocenters. The van der Waals surface area contributed by atoms with Gasteiger partial charge in [-0.05, 0) is 41.7 Å². The Bertz CT molecular complexity index is 922. The van der Waals surface area contributed by atoms with Crippen LogP contribution in [0.1, 0.15) is 39.9 Å². The number of nitrogens with zero attached hydrogens (tertiary/aromatic N) is 2. The van der Waals surface area contributed by atoms with E-state index in [2.05, 4.69) is 33.1 Å². The van der Waals surface area contributed by atoms with E-state index in [1.165, 1.54) is 11.1 Å². The van der Waals surface area contributed by atoms with Crippen LogP contribution in [0.4, 0.5) is 0 Å². The highest BCUT2D eigenvalue weighted by molar-refractivity contribution is 14.0. The SMILES string of the molecule is CN=C(NCCCC(=O)N1Cc2ccccc2C1)NCCc1cccc(C(=O)NC)c1.I. The van der Waals surface area contributed by atoms with Crippen molar-refractivity contribution in [2.75, 3.05) is 27.2 Å². The summed E-state index contributed by atoms with van der Waals surface area (Å²) in [6.07, 6.45) is 2.05. The van der Waals surface area contributed by atoms with E-state index in [0.717, 1.165) is 18.4 Å². The highest BCUT2D eigenvalue weighted by atomic mass is 127. The van der Waals surface area contributed by atoms with Gasteiger partial charge in [-0.1, -0.05) is 36.4 Å². The zero-order chi connectivity index (χ0) is 22.1. The maximum Gasteiger partial charge on any atom is 0.251 e. The lowest BCUT2D eigenvalue weighted by molar-refractivity contribution is -0.131. The molecule has 3 rings (SSSR count). The Balaban J connectivity index is 0.00000363. The number of rotatable bonds is 8. The van der Waals surface area contributed by atoms with E-state index in [1.54, 1.807) is 20.2 Å². The van der Waals surface area contributed by atoms with E-state index in [0.29, 0.717) is 44.1 Å². The Hall–Kier alpha value is -2.62. The highest BCUT2D eigenvalue weighted by Crippen LogP contribution is 2.22. The Morgan fingerprint density at radius 2 is 1.69 bits per heavy atom. The first kappa shape index (κ1) is 25.6. The van der Waals surface area contributed by atoms with Crippen LogP contribution >= 0.6 is 24.0 Å². The Kier molecular flexibility index (Phi) is 10.5. The summed E-state index contributed by atoms with van der Waals surface area (Å²) >= 11 is 0. The number of carbonyl (C=O) groups is 2. The van der Waals surface area contributed by atoms with Crippen molar-refractivity contribution >= 4 is 41.8 Å². The van der Waals surface area contributed by atoms with Crippen molar-refractivity contribution < 1.29 is 9.59 Å². The molecule has 0 bridgehead atoms. The topological polar surface area (TPSA) is 85.8 Å². The number of guanidine groups is 1. The average Bonchev–Trinajstić information content (AvgIpc) is 3.24. The van der Waals surface area contributed by atoms with Crippen LogP contribution < -0.4 is 16.0 Å². The molecule has 2 aromatic carbocycles. The molecule has 0 spiro atoms. The molecule has 32 heavy (non-hydrogen) atoms. The lowest BCUT2D eigenvalue weighted by Gasteiger charge is -2.16. The first-order valence-corrected chi connectivity index (χ1v) is 10.7. The third-order valence-corrected chi connectivity index (χ3v) is 5.40. The molecule has 1 aliphatic rings. The van der Waals surface area contributed by atoms with Crippen LogP contribution in [0, 0.1) is 0 Å². The van der Waals surface area contributed by atoms with Gasteiger partial charge in [-0.2, -0.15) is 0 Å². The van der Waals surface area contributed by atoms with Gasteiger partial charge in [0.2, 0.25) is 5.91 Å². The molecule has 1 heterocycles. The van der Waals surface area contributed by atoms with Crippen LogP contribution in [0.25, 0.3) is 0 Å². The van der Waals surface area contributed by atoms with Crippen molar-refractivity contribution in [3.8, 4) is 0 Å². The van der Waals surface area contributed by atoms with Crippen LogP contribution in [0.15, 0.2) is 53.5 Å². The second kappa shape index (κ2) is 13.0. The Labute approximate surface area is 207 Å². The molecule has 7 nitrogen and oxygen atoms in total. The van der Waals surface area contributed by atoms with Gasteiger partial charge in [-0.25, -0.2) is 0 Å². The van der Waals surface area contributed by atoms with E-state index in [9.17, 15) is 9.59 Å². The summed E-state index contributed by atoms with van der Waals surface area (Å²) in [7, 11) is 3.36. The number of benzene rings is 2. The molecule has 0 aromatic heterocycles. The first-order valence-electron chi connectivity index (χ1n) is 10.7. The van der Waals surface area contributed by atoms with Gasteiger partial charge in [-0.3, -0.25) is 14.6 Å². The number of halogens is 1. The molecule has 8 heteroatoms. The molecule has 172 valence electrons. The van der Waals surface area contributed by atoms with Gasteiger partial charge < -0.3 is 20.9 Å². The molecular weight excluding hydrogens is 517 g/mol. The second-order valence-corrected chi connectivity index (χ2v) is 7.58. The van der Waals surface area contributed by atoms with Gasteiger partial charge in [-0.15, -0.1) is 24.0 Å². The average molecular weight is 549 g/mol. The Morgan fingerprint density at radius 1 is 1.00 bits per heavy atom. The molecule has 0 unspecified atom stereocenters. The van der Waals surface area contributed by atoms with Crippen molar-refractivity contribution in [3.05, 3.63) is 70.8 Å². The lowest BCUT2D eigenvalue weighted by atomic mass is 10.1. The molecular formula is C24H32IN5O2. The molecule has 0 fully saturated rings. The quantitative estimate of drug-likeness (QED) is 0.205. The molecule has 3 N–H and O–H groups in total. The lowest BCUT2D eigenvalue weighted by Crippen LogP contribution is -2.39. The van der Waals surface area contributed by atoms with E-state index < -0.39 is 0 Å². The fraction of sp³-hybridized carbons (Fsp3) is 0.375. The van der Waals surface area contributed by atoms with Gasteiger partial charge in [0, 0.05) is 52.3 Å². The summed E-state index contributed by atoms with van der Waals surface area (Å²) in [5.74, 6) is 0.820. The number of aliphatic imine (C=N–C) groups is 1. The van der Waals surface area contributed by atoms with Gasteiger partial charge >= 0.3 is 0 Å². The number of hydrogen-bond acceptors (Lipinski definition) is 3. The fourth-order valence-corrected chi connectivity index (χ4v) is 3.67. The second-order valence-electron chi connectivity index (χ2n) is 7.58. The summed E-state index contributed by atoms with van der Waals surface area (Å²) in [6.45, 7) is 2.81. The van der Waals surface area contributed by atoms with Crippen molar-refractivity contribution in [2.24, 2.45) is 4.99 Å². The maximum atomic E-state index is 12.5. The third kappa shape index (κ3) is 7.22. The first-order chi connectivity index (χ1) is 15.1. The minimum Gasteiger partial charge on any atom is -0.356 e. The van der Waals surface area contributed by atoms with Gasteiger partial charge in [0.25, 0.3) is 5.91 Å².